The van der Waals surface area contributed by atoms with Crippen LogP contribution in [0.4, 0.5) is 5.69 Å². The Morgan fingerprint density at radius 3 is 2.89 bits per heavy atom. The second-order valence-electron chi connectivity index (χ2n) is 5.40. The van der Waals surface area contributed by atoms with Gasteiger partial charge in [0.05, 0.1) is 18.6 Å². The number of aliphatic hydroxyl groups is 1. The molecule has 1 aromatic rings. The van der Waals surface area contributed by atoms with Crippen LogP contribution >= 0.6 is 0 Å². The van der Waals surface area contributed by atoms with Crippen molar-refractivity contribution in [3.05, 3.63) is 29.8 Å². The van der Waals surface area contributed by atoms with E-state index in [-0.39, 0.29) is 30.4 Å². The first-order valence-corrected chi connectivity index (χ1v) is 6.87. The molecule has 1 aliphatic heterocycles. The Kier molecular flexibility index (Phi) is 4.43. The topological polar surface area (TPSA) is 61.4 Å². The van der Waals surface area contributed by atoms with Gasteiger partial charge in [-0.25, -0.2) is 0 Å². The van der Waals surface area contributed by atoms with Crippen molar-refractivity contribution in [1.29, 1.82) is 0 Å². The molecule has 2 rings (SSSR count). The Morgan fingerprint density at radius 1 is 1.47 bits per heavy atom. The molecule has 1 aliphatic rings. The lowest BCUT2D eigenvalue weighted by Crippen LogP contribution is -2.44. The van der Waals surface area contributed by atoms with Gasteiger partial charge >= 0.3 is 0 Å². The van der Waals surface area contributed by atoms with Gasteiger partial charge in [0.15, 0.2) is 0 Å². The van der Waals surface area contributed by atoms with Crippen LogP contribution in [0.3, 0.4) is 0 Å². The number of rotatable bonds is 4. The van der Waals surface area contributed by atoms with Crippen LogP contribution in [0, 0.1) is 5.92 Å². The van der Waals surface area contributed by atoms with Gasteiger partial charge in [0, 0.05) is 12.2 Å². The van der Waals surface area contributed by atoms with Gasteiger partial charge in [-0.1, -0.05) is 32.0 Å². The smallest absolute Gasteiger partial charge is 0.227 e. The van der Waals surface area contributed by atoms with Crippen LogP contribution in [0.25, 0.3) is 0 Å². The standard InChI is InChI=1S/C15H22N2O2/c1-10(2)14(9-18)17-15(19)12-7-8-16-13-6-4-3-5-11(12)13/h3-6,10,12,14,16,18H,7-9H2,1-2H3,(H,17,19). The molecule has 0 fully saturated rings. The van der Waals surface area contributed by atoms with E-state index in [4.69, 9.17) is 0 Å². The van der Waals surface area contributed by atoms with Gasteiger partial charge in [-0.05, 0) is 24.0 Å². The molecule has 1 amide bonds. The molecule has 2 atom stereocenters. The van der Waals surface area contributed by atoms with Crippen molar-refractivity contribution in [2.24, 2.45) is 5.92 Å². The molecular formula is C15H22N2O2. The third kappa shape index (κ3) is 3.07. The van der Waals surface area contributed by atoms with Crippen molar-refractivity contribution >= 4 is 11.6 Å². The molecule has 0 radical (unpaired) electrons. The van der Waals surface area contributed by atoms with Crippen LogP contribution in [-0.4, -0.2) is 30.2 Å². The number of hydrogen-bond acceptors (Lipinski definition) is 3. The highest BCUT2D eigenvalue weighted by atomic mass is 16.3. The Balaban J connectivity index is 2.12. The summed E-state index contributed by atoms with van der Waals surface area (Å²) >= 11 is 0. The number of carbonyl (C=O) groups is 1. The van der Waals surface area contributed by atoms with Crippen LogP contribution in [0.5, 0.6) is 0 Å². The first-order valence-electron chi connectivity index (χ1n) is 6.87. The molecule has 0 aromatic heterocycles. The van der Waals surface area contributed by atoms with E-state index in [1.165, 1.54) is 0 Å². The first-order chi connectivity index (χ1) is 9.13. The second-order valence-corrected chi connectivity index (χ2v) is 5.40. The maximum atomic E-state index is 12.4. The molecule has 0 aliphatic carbocycles. The highest BCUT2D eigenvalue weighted by Crippen LogP contribution is 2.31. The SMILES string of the molecule is CC(C)C(CO)NC(=O)C1CCNc2ccccc21. The van der Waals surface area contributed by atoms with E-state index in [1.54, 1.807) is 0 Å². The molecule has 0 spiro atoms. The quantitative estimate of drug-likeness (QED) is 0.774. The van der Waals surface area contributed by atoms with E-state index in [0.717, 1.165) is 24.2 Å². The summed E-state index contributed by atoms with van der Waals surface area (Å²) in [4.78, 5) is 12.4. The predicted molar refractivity (Wildman–Crippen MR) is 76.1 cm³/mol. The Hall–Kier alpha value is -1.55. The molecular weight excluding hydrogens is 240 g/mol. The van der Waals surface area contributed by atoms with Crippen LogP contribution < -0.4 is 10.6 Å². The van der Waals surface area contributed by atoms with E-state index >= 15 is 0 Å². The van der Waals surface area contributed by atoms with Crippen LogP contribution in [0.2, 0.25) is 0 Å². The molecule has 0 saturated heterocycles. The summed E-state index contributed by atoms with van der Waals surface area (Å²) in [5.41, 5.74) is 2.09. The van der Waals surface area contributed by atoms with E-state index < -0.39 is 0 Å². The average molecular weight is 262 g/mol. The molecule has 2 unspecified atom stereocenters. The molecule has 1 heterocycles. The Labute approximate surface area is 114 Å². The maximum Gasteiger partial charge on any atom is 0.227 e. The van der Waals surface area contributed by atoms with Gasteiger partial charge in [0.1, 0.15) is 0 Å². The summed E-state index contributed by atoms with van der Waals surface area (Å²) in [7, 11) is 0. The fraction of sp³-hybridized carbons (Fsp3) is 0.533. The summed E-state index contributed by atoms with van der Waals surface area (Å²) in [5, 5.41) is 15.6. The number of fused-ring (bicyclic) bond motifs is 1. The van der Waals surface area contributed by atoms with Crippen molar-refractivity contribution in [3.8, 4) is 0 Å². The average Bonchev–Trinajstić information content (AvgIpc) is 2.43. The first kappa shape index (κ1) is 13.9. The van der Waals surface area contributed by atoms with Gasteiger partial charge in [-0.3, -0.25) is 4.79 Å². The number of aliphatic hydroxyl groups excluding tert-OH is 1. The highest BCUT2D eigenvalue weighted by Gasteiger charge is 2.28. The zero-order valence-corrected chi connectivity index (χ0v) is 11.5. The number of amides is 1. The lowest BCUT2D eigenvalue weighted by atomic mass is 9.89. The Bertz CT molecular complexity index is 446. The minimum atomic E-state index is -0.172. The lowest BCUT2D eigenvalue weighted by molar-refractivity contribution is -0.124. The molecule has 4 heteroatoms. The normalized spacial score (nSPS) is 19.5. The number of hydrogen-bond donors (Lipinski definition) is 3. The molecule has 1 aromatic carbocycles. The van der Waals surface area contributed by atoms with Gasteiger partial charge in [0.25, 0.3) is 0 Å². The van der Waals surface area contributed by atoms with Gasteiger partial charge in [-0.2, -0.15) is 0 Å². The summed E-state index contributed by atoms with van der Waals surface area (Å²) in [5.74, 6) is 0.123. The van der Waals surface area contributed by atoms with Crippen molar-refractivity contribution in [1.82, 2.24) is 5.32 Å². The van der Waals surface area contributed by atoms with E-state index in [0.29, 0.717) is 0 Å². The van der Waals surface area contributed by atoms with Crippen molar-refractivity contribution in [2.75, 3.05) is 18.5 Å². The van der Waals surface area contributed by atoms with Crippen molar-refractivity contribution in [3.63, 3.8) is 0 Å². The third-order valence-electron chi connectivity index (χ3n) is 3.73. The van der Waals surface area contributed by atoms with Crippen molar-refractivity contribution in [2.45, 2.75) is 32.2 Å². The Morgan fingerprint density at radius 2 is 2.21 bits per heavy atom. The van der Waals surface area contributed by atoms with Crippen LogP contribution in [0.1, 0.15) is 31.7 Å². The summed E-state index contributed by atoms with van der Waals surface area (Å²) < 4.78 is 0. The molecule has 0 bridgehead atoms. The monoisotopic (exact) mass is 262 g/mol. The summed E-state index contributed by atoms with van der Waals surface area (Å²) in [6.07, 6.45) is 0.791. The number of nitrogens with one attached hydrogen (secondary N) is 2. The van der Waals surface area contributed by atoms with Crippen molar-refractivity contribution < 1.29 is 9.90 Å². The number of para-hydroxylation sites is 1. The van der Waals surface area contributed by atoms with E-state index in [9.17, 15) is 9.90 Å². The van der Waals surface area contributed by atoms with Gasteiger partial charge in [-0.15, -0.1) is 0 Å². The van der Waals surface area contributed by atoms with Crippen LogP contribution in [-0.2, 0) is 4.79 Å². The lowest BCUT2D eigenvalue weighted by Gasteiger charge is -2.28. The molecule has 19 heavy (non-hydrogen) atoms. The third-order valence-corrected chi connectivity index (χ3v) is 3.73. The highest BCUT2D eigenvalue weighted by molar-refractivity contribution is 5.86. The predicted octanol–water partition coefficient (Wildman–Crippen LogP) is 1.72. The number of anilines is 1. The maximum absolute atomic E-state index is 12.4. The van der Waals surface area contributed by atoms with Gasteiger partial charge in [0.2, 0.25) is 5.91 Å². The van der Waals surface area contributed by atoms with Gasteiger partial charge < -0.3 is 15.7 Å². The van der Waals surface area contributed by atoms with E-state index in [1.807, 2.05) is 38.1 Å². The molecule has 4 nitrogen and oxygen atoms in total. The largest absolute Gasteiger partial charge is 0.394 e. The fourth-order valence-corrected chi connectivity index (χ4v) is 2.45. The second kappa shape index (κ2) is 6.06. The fourth-order valence-electron chi connectivity index (χ4n) is 2.45. The number of benzene rings is 1. The molecule has 3 N–H and O–H groups in total. The minimum Gasteiger partial charge on any atom is -0.394 e. The van der Waals surface area contributed by atoms with Crippen LogP contribution in [0.15, 0.2) is 24.3 Å². The minimum absolute atomic E-state index is 0.0155. The molecule has 0 saturated carbocycles. The summed E-state index contributed by atoms with van der Waals surface area (Å²) in [6, 6.07) is 7.75. The molecule has 104 valence electrons. The zero-order valence-electron chi connectivity index (χ0n) is 11.5. The summed E-state index contributed by atoms with van der Waals surface area (Å²) in [6.45, 7) is 4.78. The van der Waals surface area contributed by atoms with E-state index in [2.05, 4.69) is 10.6 Å². The zero-order chi connectivity index (χ0) is 13.8. The number of carbonyl (C=O) groups excluding carboxylic acids is 1.